The average Bonchev–Trinajstić information content (AvgIpc) is 2.16. The molecule has 1 rings (SSSR count). The summed E-state index contributed by atoms with van der Waals surface area (Å²) in [4.78, 5) is 0. The van der Waals surface area contributed by atoms with Crippen molar-refractivity contribution in [2.75, 3.05) is 11.9 Å². The molecule has 74 valence electrons. The maximum atomic E-state index is 11.9. The van der Waals surface area contributed by atoms with Crippen LogP contribution in [-0.2, 0) is 6.42 Å². The van der Waals surface area contributed by atoms with Crippen LogP contribution in [0, 0.1) is 11.3 Å². The maximum absolute atomic E-state index is 11.9. The minimum absolute atomic E-state index is 0.296. The van der Waals surface area contributed by atoms with Gasteiger partial charge in [0.05, 0.1) is 19.0 Å². The van der Waals surface area contributed by atoms with Crippen LogP contribution in [0.1, 0.15) is 5.56 Å². The van der Waals surface area contributed by atoms with Gasteiger partial charge >= 0.3 is 0 Å². The van der Waals surface area contributed by atoms with E-state index in [-0.39, 0.29) is 6.54 Å². The van der Waals surface area contributed by atoms with Crippen molar-refractivity contribution in [3.63, 3.8) is 0 Å². The fourth-order valence-corrected chi connectivity index (χ4v) is 1.08. The zero-order chi connectivity index (χ0) is 10.4. The largest absolute Gasteiger partial charge is 0.379 e. The highest BCUT2D eigenvalue weighted by Crippen LogP contribution is 2.11. The second kappa shape index (κ2) is 5.18. The summed E-state index contributed by atoms with van der Waals surface area (Å²) in [5.41, 5.74) is 1.45. The number of benzene rings is 1. The number of halogens is 2. The molecule has 0 aliphatic rings. The van der Waals surface area contributed by atoms with Crippen molar-refractivity contribution in [1.82, 2.24) is 0 Å². The number of alkyl halides is 2. The minimum atomic E-state index is -2.37. The van der Waals surface area contributed by atoms with Gasteiger partial charge in [0.2, 0.25) is 0 Å². The summed E-state index contributed by atoms with van der Waals surface area (Å²) in [6.07, 6.45) is -2.07. The fourth-order valence-electron chi connectivity index (χ4n) is 1.08. The van der Waals surface area contributed by atoms with E-state index in [0.29, 0.717) is 12.1 Å². The Hall–Kier alpha value is -1.63. The minimum Gasteiger partial charge on any atom is -0.379 e. The van der Waals surface area contributed by atoms with E-state index in [4.69, 9.17) is 5.26 Å². The Morgan fingerprint density at radius 2 is 2.21 bits per heavy atom. The highest BCUT2D eigenvalue weighted by molar-refractivity contribution is 5.46. The van der Waals surface area contributed by atoms with E-state index in [1.165, 1.54) is 0 Å². The molecular weight excluding hydrogens is 186 g/mol. The Morgan fingerprint density at radius 1 is 1.43 bits per heavy atom. The number of nitrogens with zero attached hydrogens (tertiary/aromatic N) is 1. The van der Waals surface area contributed by atoms with Crippen molar-refractivity contribution in [3.8, 4) is 6.07 Å². The maximum Gasteiger partial charge on any atom is 0.255 e. The molecule has 0 amide bonds. The summed E-state index contributed by atoms with van der Waals surface area (Å²) in [6, 6.07) is 8.92. The van der Waals surface area contributed by atoms with Gasteiger partial charge in [-0.25, -0.2) is 8.78 Å². The van der Waals surface area contributed by atoms with E-state index < -0.39 is 6.43 Å². The van der Waals surface area contributed by atoms with Crippen molar-refractivity contribution in [3.05, 3.63) is 29.8 Å². The quantitative estimate of drug-likeness (QED) is 0.802. The molecule has 0 radical (unpaired) electrons. The first-order valence-corrected chi connectivity index (χ1v) is 4.20. The molecule has 0 saturated heterocycles. The van der Waals surface area contributed by atoms with Gasteiger partial charge in [0.1, 0.15) is 0 Å². The first-order valence-electron chi connectivity index (χ1n) is 4.20. The second-order valence-corrected chi connectivity index (χ2v) is 2.81. The molecule has 0 saturated carbocycles. The molecule has 0 fully saturated rings. The number of nitrogens with one attached hydrogen (secondary N) is 1. The van der Waals surface area contributed by atoms with Crippen molar-refractivity contribution in [2.45, 2.75) is 12.8 Å². The zero-order valence-electron chi connectivity index (χ0n) is 7.50. The standard InChI is InChI=1S/C10H10F2N2/c11-10(12)7-14-9-3-1-2-8(6-9)4-5-13/h1-3,6,10,14H,4,7H2. The summed E-state index contributed by atoms with van der Waals surface area (Å²) in [5, 5.41) is 11.0. The molecule has 2 nitrogen and oxygen atoms in total. The lowest BCUT2D eigenvalue weighted by Crippen LogP contribution is -2.10. The Bertz CT molecular complexity index is 331. The summed E-state index contributed by atoms with van der Waals surface area (Å²) in [7, 11) is 0. The lowest BCUT2D eigenvalue weighted by atomic mass is 10.1. The van der Waals surface area contributed by atoms with Crippen molar-refractivity contribution in [1.29, 1.82) is 5.26 Å². The van der Waals surface area contributed by atoms with Crippen LogP contribution >= 0.6 is 0 Å². The molecule has 0 spiro atoms. The SMILES string of the molecule is N#CCc1cccc(NCC(F)F)c1. The highest BCUT2D eigenvalue weighted by atomic mass is 19.3. The third-order valence-electron chi connectivity index (χ3n) is 1.67. The number of anilines is 1. The zero-order valence-corrected chi connectivity index (χ0v) is 7.50. The van der Waals surface area contributed by atoms with Gasteiger partial charge in [0.15, 0.2) is 0 Å². The molecule has 1 aromatic rings. The van der Waals surface area contributed by atoms with Gasteiger partial charge in [-0.1, -0.05) is 12.1 Å². The highest BCUT2D eigenvalue weighted by Gasteiger charge is 2.01. The molecule has 4 heteroatoms. The molecule has 14 heavy (non-hydrogen) atoms. The summed E-state index contributed by atoms with van der Waals surface area (Å²) in [5.74, 6) is 0. The van der Waals surface area contributed by atoms with Crippen LogP contribution in [0.25, 0.3) is 0 Å². The Balaban J connectivity index is 2.60. The van der Waals surface area contributed by atoms with Crippen molar-refractivity contribution >= 4 is 5.69 Å². The van der Waals surface area contributed by atoms with Crippen LogP contribution in [0.3, 0.4) is 0 Å². The molecule has 0 aromatic heterocycles. The molecule has 0 atom stereocenters. The van der Waals surface area contributed by atoms with Gasteiger partial charge in [0, 0.05) is 5.69 Å². The predicted molar refractivity (Wildman–Crippen MR) is 50.3 cm³/mol. The summed E-state index contributed by atoms with van der Waals surface area (Å²) in [6.45, 7) is -0.365. The third-order valence-corrected chi connectivity index (χ3v) is 1.67. The molecule has 0 aliphatic heterocycles. The van der Waals surface area contributed by atoms with Gasteiger partial charge in [-0.2, -0.15) is 5.26 Å². The summed E-state index contributed by atoms with van der Waals surface area (Å²) < 4.78 is 23.7. The molecule has 0 bridgehead atoms. The monoisotopic (exact) mass is 196 g/mol. The number of nitriles is 1. The van der Waals surface area contributed by atoms with Crippen molar-refractivity contribution in [2.24, 2.45) is 0 Å². The van der Waals surface area contributed by atoms with E-state index in [9.17, 15) is 8.78 Å². The molecule has 0 unspecified atom stereocenters. The normalized spacial score (nSPS) is 9.86. The second-order valence-electron chi connectivity index (χ2n) is 2.81. The molecule has 0 aliphatic carbocycles. The lowest BCUT2D eigenvalue weighted by molar-refractivity contribution is 0.163. The van der Waals surface area contributed by atoms with Gasteiger partial charge in [-0.15, -0.1) is 0 Å². The smallest absolute Gasteiger partial charge is 0.255 e. The van der Waals surface area contributed by atoms with E-state index >= 15 is 0 Å². The molecule has 1 aromatic carbocycles. The van der Waals surface area contributed by atoms with Crippen molar-refractivity contribution < 1.29 is 8.78 Å². The topological polar surface area (TPSA) is 35.8 Å². The molecular formula is C10H10F2N2. The van der Waals surface area contributed by atoms with Crippen LogP contribution in [0.5, 0.6) is 0 Å². The van der Waals surface area contributed by atoms with Gasteiger partial charge in [-0.3, -0.25) is 0 Å². The van der Waals surface area contributed by atoms with Gasteiger partial charge in [0.25, 0.3) is 6.43 Å². The lowest BCUT2D eigenvalue weighted by Gasteiger charge is -2.06. The molecule has 1 N–H and O–H groups in total. The average molecular weight is 196 g/mol. The van der Waals surface area contributed by atoms with Gasteiger partial charge < -0.3 is 5.32 Å². The Labute approximate surface area is 81.2 Å². The molecule has 0 heterocycles. The Kier molecular flexibility index (Phi) is 3.86. The third kappa shape index (κ3) is 3.40. The number of rotatable bonds is 4. The van der Waals surface area contributed by atoms with Crippen LogP contribution in [0.15, 0.2) is 24.3 Å². The van der Waals surface area contributed by atoms with Crippen LogP contribution < -0.4 is 5.32 Å². The number of hydrogen-bond donors (Lipinski definition) is 1. The van der Waals surface area contributed by atoms with E-state index in [0.717, 1.165) is 5.56 Å². The predicted octanol–water partition coefficient (Wildman–Crippen LogP) is 2.43. The first-order chi connectivity index (χ1) is 6.72. The van der Waals surface area contributed by atoms with Crippen LogP contribution in [0.2, 0.25) is 0 Å². The number of hydrogen-bond acceptors (Lipinski definition) is 2. The van der Waals surface area contributed by atoms with E-state index in [2.05, 4.69) is 5.32 Å². The first kappa shape index (κ1) is 10.5. The van der Waals surface area contributed by atoms with Crippen LogP contribution in [-0.4, -0.2) is 13.0 Å². The Morgan fingerprint density at radius 3 is 2.86 bits per heavy atom. The van der Waals surface area contributed by atoms with E-state index in [1.54, 1.807) is 24.3 Å². The van der Waals surface area contributed by atoms with E-state index in [1.807, 2.05) is 6.07 Å². The fraction of sp³-hybridized carbons (Fsp3) is 0.300. The summed E-state index contributed by atoms with van der Waals surface area (Å²) >= 11 is 0. The van der Waals surface area contributed by atoms with Crippen LogP contribution in [0.4, 0.5) is 14.5 Å². The van der Waals surface area contributed by atoms with Gasteiger partial charge in [-0.05, 0) is 17.7 Å².